The molecule has 0 saturated heterocycles. The van der Waals surface area contributed by atoms with E-state index in [0.29, 0.717) is 19.3 Å². The summed E-state index contributed by atoms with van der Waals surface area (Å²) in [5.41, 5.74) is 0. The van der Waals surface area contributed by atoms with E-state index in [1.807, 2.05) is 0 Å². The number of methoxy groups -OCH3 is 1. The molecule has 1 saturated carbocycles. The molecule has 1 aliphatic rings. The highest BCUT2D eigenvalue weighted by Gasteiger charge is 2.25. The Morgan fingerprint density at radius 1 is 1.18 bits per heavy atom. The number of hydrogen-bond donors (Lipinski definition) is 1. The Morgan fingerprint density at radius 2 is 1.88 bits per heavy atom. The van der Waals surface area contributed by atoms with Gasteiger partial charge in [0.05, 0.1) is 19.8 Å². The van der Waals surface area contributed by atoms with E-state index in [1.54, 1.807) is 7.11 Å². The second-order valence-electron chi connectivity index (χ2n) is 5.25. The highest BCUT2D eigenvalue weighted by atomic mass is 16.5. The van der Waals surface area contributed by atoms with E-state index in [0.717, 1.165) is 25.0 Å². The summed E-state index contributed by atoms with van der Waals surface area (Å²) in [5.74, 6) is 1.72. The first-order valence-electron chi connectivity index (χ1n) is 7.08. The lowest BCUT2D eigenvalue weighted by Gasteiger charge is -2.33. The minimum Gasteiger partial charge on any atom is -0.382 e. The monoisotopic (exact) mass is 243 g/mol. The molecule has 0 heterocycles. The first kappa shape index (κ1) is 14.9. The molecule has 1 unspecified atom stereocenters. The van der Waals surface area contributed by atoms with E-state index in [2.05, 4.69) is 19.2 Å². The molecule has 0 aromatic heterocycles. The Balaban J connectivity index is 2.26. The van der Waals surface area contributed by atoms with Gasteiger partial charge in [0.15, 0.2) is 0 Å². The van der Waals surface area contributed by atoms with E-state index in [9.17, 15) is 0 Å². The van der Waals surface area contributed by atoms with Crippen molar-refractivity contribution in [1.29, 1.82) is 0 Å². The lowest BCUT2D eigenvalue weighted by atomic mass is 9.79. The highest BCUT2D eigenvalue weighted by molar-refractivity contribution is 4.80. The molecule has 1 atom stereocenters. The van der Waals surface area contributed by atoms with Crippen LogP contribution in [0.1, 0.15) is 39.5 Å². The molecule has 3 heteroatoms. The molecule has 1 rings (SSSR count). The molecule has 17 heavy (non-hydrogen) atoms. The molecule has 0 radical (unpaired) electrons. The topological polar surface area (TPSA) is 30.5 Å². The average Bonchev–Trinajstić information content (AvgIpc) is 2.34. The maximum atomic E-state index is 5.68. The quantitative estimate of drug-likeness (QED) is 0.664. The number of rotatable bonds is 8. The van der Waals surface area contributed by atoms with Gasteiger partial charge < -0.3 is 14.8 Å². The van der Waals surface area contributed by atoms with Crippen molar-refractivity contribution < 1.29 is 9.47 Å². The van der Waals surface area contributed by atoms with Gasteiger partial charge in [-0.3, -0.25) is 0 Å². The lowest BCUT2D eigenvalue weighted by molar-refractivity contribution is 0.0435. The Labute approximate surface area is 106 Å². The third-order valence-corrected chi connectivity index (χ3v) is 3.83. The van der Waals surface area contributed by atoms with E-state index in [4.69, 9.17) is 9.47 Å². The molecule has 0 bridgehead atoms. The van der Waals surface area contributed by atoms with E-state index >= 15 is 0 Å². The van der Waals surface area contributed by atoms with Crippen LogP contribution in [-0.2, 0) is 9.47 Å². The Morgan fingerprint density at radius 3 is 2.47 bits per heavy atom. The standard InChI is InChI=1S/C14H29NO2/c1-4-15-14(11-17-10-9-16-3)13-7-5-12(2)6-8-13/h12-15H,4-11H2,1-3H3. The van der Waals surface area contributed by atoms with Crippen LogP contribution in [0.25, 0.3) is 0 Å². The van der Waals surface area contributed by atoms with Crippen LogP contribution in [0.2, 0.25) is 0 Å². The zero-order valence-corrected chi connectivity index (χ0v) is 11.7. The summed E-state index contributed by atoms with van der Waals surface area (Å²) in [6.07, 6.45) is 5.47. The van der Waals surface area contributed by atoms with Crippen molar-refractivity contribution in [2.45, 2.75) is 45.6 Å². The van der Waals surface area contributed by atoms with Gasteiger partial charge in [0.1, 0.15) is 0 Å². The maximum Gasteiger partial charge on any atom is 0.0701 e. The molecule has 0 aromatic rings. The molecular weight excluding hydrogens is 214 g/mol. The van der Waals surface area contributed by atoms with Crippen LogP contribution in [0, 0.1) is 11.8 Å². The molecule has 1 N–H and O–H groups in total. The second kappa shape index (κ2) is 8.90. The maximum absolute atomic E-state index is 5.68. The molecule has 102 valence electrons. The summed E-state index contributed by atoms with van der Waals surface area (Å²) in [6.45, 7) is 7.81. The van der Waals surface area contributed by atoms with Crippen molar-refractivity contribution in [3.63, 3.8) is 0 Å². The van der Waals surface area contributed by atoms with Crippen molar-refractivity contribution in [1.82, 2.24) is 5.32 Å². The predicted molar refractivity (Wildman–Crippen MR) is 71.3 cm³/mol. The summed E-state index contributed by atoms with van der Waals surface area (Å²) < 4.78 is 10.7. The number of nitrogens with one attached hydrogen (secondary N) is 1. The molecule has 3 nitrogen and oxygen atoms in total. The van der Waals surface area contributed by atoms with Crippen LogP contribution in [0.4, 0.5) is 0 Å². The van der Waals surface area contributed by atoms with E-state index < -0.39 is 0 Å². The van der Waals surface area contributed by atoms with Gasteiger partial charge in [-0.2, -0.15) is 0 Å². The largest absolute Gasteiger partial charge is 0.382 e. The van der Waals surface area contributed by atoms with Gasteiger partial charge in [-0.15, -0.1) is 0 Å². The fourth-order valence-corrected chi connectivity index (χ4v) is 2.66. The van der Waals surface area contributed by atoms with Crippen LogP contribution in [0.3, 0.4) is 0 Å². The summed E-state index contributed by atoms with van der Waals surface area (Å²) >= 11 is 0. The molecule has 0 amide bonds. The van der Waals surface area contributed by atoms with Crippen molar-refractivity contribution in [2.75, 3.05) is 33.5 Å². The van der Waals surface area contributed by atoms with Crippen LogP contribution in [-0.4, -0.2) is 39.5 Å². The summed E-state index contributed by atoms with van der Waals surface area (Å²) in [6, 6.07) is 0.532. The van der Waals surface area contributed by atoms with Gasteiger partial charge in [0.2, 0.25) is 0 Å². The molecule has 1 fully saturated rings. The molecule has 0 aliphatic heterocycles. The van der Waals surface area contributed by atoms with Crippen LogP contribution in [0.5, 0.6) is 0 Å². The number of ether oxygens (including phenoxy) is 2. The Kier molecular flexibility index (Phi) is 7.82. The lowest BCUT2D eigenvalue weighted by Crippen LogP contribution is -2.41. The van der Waals surface area contributed by atoms with Gasteiger partial charge in [-0.1, -0.05) is 26.7 Å². The van der Waals surface area contributed by atoms with Crippen LogP contribution >= 0.6 is 0 Å². The Bertz CT molecular complexity index is 179. The number of hydrogen-bond acceptors (Lipinski definition) is 3. The Hall–Kier alpha value is -0.120. The van der Waals surface area contributed by atoms with Crippen molar-refractivity contribution in [3.8, 4) is 0 Å². The fraction of sp³-hybridized carbons (Fsp3) is 1.00. The molecular formula is C14H29NO2. The van der Waals surface area contributed by atoms with Crippen LogP contribution < -0.4 is 5.32 Å². The fourth-order valence-electron chi connectivity index (χ4n) is 2.66. The number of likely N-dealkylation sites (N-methyl/N-ethyl adjacent to an activating group) is 1. The van der Waals surface area contributed by atoms with Crippen molar-refractivity contribution in [2.24, 2.45) is 11.8 Å². The van der Waals surface area contributed by atoms with Crippen molar-refractivity contribution >= 4 is 0 Å². The van der Waals surface area contributed by atoms with Crippen LogP contribution in [0.15, 0.2) is 0 Å². The van der Waals surface area contributed by atoms with Gasteiger partial charge >= 0.3 is 0 Å². The van der Waals surface area contributed by atoms with Gasteiger partial charge in [-0.05, 0) is 31.2 Å². The summed E-state index contributed by atoms with van der Waals surface area (Å²) in [5, 5.41) is 3.58. The third kappa shape index (κ3) is 5.84. The zero-order chi connectivity index (χ0) is 12.5. The van der Waals surface area contributed by atoms with Gasteiger partial charge in [0.25, 0.3) is 0 Å². The zero-order valence-electron chi connectivity index (χ0n) is 11.7. The first-order chi connectivity index (χ1) is 8.27. The smallest absolute Gasteiger partial charge is 0.0701 e. The summed E-state index contributed by atoms with van der Waals surface area (Å²) in [4.78, 5) is 0. The SMILES string of the molecule is CCNC(COCCOC)C1CCC(C)CC1. The molecule has 0 aromatic carbocycles. The predicted octanol–water partition coefficient (Wildman–Crippen LogP) is 2.45. The van der Waals surface area contributed by atoms with E-state index in [-0.39, 0.29) is 0 Å². The second-order valence-corrected chi connectivity index (χ2v) is 5.25. The first-order valence-corrected chi connectivity index (χ1v) is 7.08. The van der Waals surface area contributed by atoms with Gasteiger partial charge in [-0.25, -0.2) is 0 Å². The minimum absolute atomic E-state index is 0.532. The molecule has 1 aliphatic carbocycles. The third-order valence-electron chi connectivity index (χ3n) is 3.83. The molecule has 0 spiro atoms. The normalized spacial score (nSPS) is 27.0. The summed E-state index contributed by atoms with van der Waals surface area (Å²) in [7, 11) is 1.72. The van der Waals surface area contributed by atoms with Crippen molar-refractivity contribution in [3.05, 3.63) is 0 Å². The van der Waals surface area contributed by atoms with E-state index in [1.165, 1.54) is 25.7 Å². The highest BCUT2D eigenvalue weighted by Crippen LogP contribution is 2.30. The minimum atomic E-state index is 0.532. The average molecular weight is 243 g/mol. The van der Waals surface area contributed by atoms with Gasteiger partial charge in [0, 0.05) is 13.2 Å².